The standard InChI is InChI=1S/C19H22N6O2/c1-14(16-6-10-20-11-7-16)22-24-18(26)4-3-5-19(27)25-23-15(2)17-8-12-21-13-9-17/h6-13H,3-5H2,1-2H3,(H,24,26)(H,25,27). The number of rotatable bonds is 8. The van der Waals surface area contributed by atoms with Crippen LogP contribution in [0.25, 0.3) is 0 Å². The van der Waals surface area contributed by atoms with Gasteiger partial charge in [0.15, 0.2) is 0 Å². The first-order valence-electron chi connectivity index (χ1n) is 8.53. The Morgan fingerprint density at radius 1 is 0.778 bits per heavy atom. The normalized spacial score (nSPS) is 11.8. The van der Waals surface area contributed by atoms with Crippen LogP contribution in [0.15, 0.2) is 59.3 Å². The summed E-state index contributed by atoms with van der Waals surface area (Å²) < 4.78 is 0. The second kappa shape index (κ2) is 10.5. The van der Waals surface area contributed by atoms with E-state index in [2.05, 4.69) is 31.0 Å². The summed E-state index contributed by atoms with van der Waals surface area (Å²) in [7, 11) is 0. The number of pyridine rings is 2. The highest BCUT2D eigenvalue weighted by molar-refractivity contribution is 5.99. The zero-order valence-electron chi connectivity index (χ0n) is 15.3. The summed E-state index contributed by atoms with van der Waals surface area (Å²) in [4.78, 5) is 31.5. The number of amides is 2. The van der Waals surface area contributed by atoms with Crippen molar-refractivity contribution >= 4 is 23.2 Å². The molecule has 0 saturated heterocycles. The number of hydrogen-bond acceptors (Lipinski definition) is 6. The van der Waals surface area contributed by atoms with Crippen molar-refractivity contribution in [3.05, 3.63) is 60.2 Å². The molecule has 0 radical (unpaired) electrons. The summed E-state index contributed by atoms with van der Waals surface area (Å²) in [6.45, 7) is 3.60. The lowest BCUT2D eigenvalue weighted by molar-refractivity contribution is -0.122. The third-order valence-electron chi connectivity index (χ3n) is 3.70. The zero-order valence-corrected chi connectivity index (χ0v) is 15.3. The Bertz CT molecular complexity index is 749. The Hall–Kier alpha value is -3.42. The molecular formula is C19H22N6O2. The van der Waals surface area contributed by atoms with Crippen molar-refractivity contribution in [2.75, 3.05) is 0 Å². The van der Waals surface area contributed by atoms with E-state index >= 15 is 0 Å². The summed E-state index contributed by atoms with van der Waals surface area (Å²) in [6.07, 6.45) is 7.45. The van der Waals surface area contributed by atoms with Gasteiger partial charge >= 0.3 is 0 Å². The third kappa shape index (κ3) is 7.15. The molecule has 2 aromatic rings. The molecule has 2 rings (SSSR count). The smallest absolute Gasteiger partial charge is 0.240 e. The molecule has 2 amide bonds. The summed E-state index contributed by atoms with van der Waals surface area (Å²) >= 11 is 0. The van der Waals surface area contributed by atoms with Gasteiger partial charge in [-0.1, -0.05) is 0 Å². The van der Waals surface area contributed by atoms with Gasteiger partial charge in [-0.15, -0.1) is 0 Å². The molecule has 0 fully saturated rings. The fourth-order valence-electron chi connectivity index (χ4n) is 2.13. The Balaban J connectivity index is 1.69. The first-order valence-corrected chi connectivity index (χ1v) is 8.53. The fourth-order valence-corrected chi connectivity index (χ4v) is 2.13. The van der Waals surface area contributed by atoms with Crippen LogP contribution < -0.4 is 10.9 Å². The van der Waals surface area contributed by atoms with E-state index in [0.717, 1.165) is 11.1 Å². The number of nitrogens with one attached hydrogen (secondary N) is 2. The fraction of sp³-hybridized carbons (Fsp3) is 0.263. The minimum absolute atomic E-state index is 0.202. The van der Waals surface area contributed by atoms with Crippen LogP contribution in [-0.2, 0) is 9.59 Å². The summed E-state index contributed by atoms with van der Waals surface area (Å²) in [5.74, 6) is -0.486. The van der Waals surface area contributed by atoms with Crippen molar-refractivity contribution in [1.29, 1.82) is 0 Å². The van der Waals surface area contributed by atoms with E-state index in [1.165, 1.54) is 0 Å². The van der Waals surface area contributed by atoms with Crippen LogP contribution >= 0.6 is 0 Å². The molecule has 0 aliphatic rings. The van der Waals surface area contributed by atoms with Crippen LogP contribution in [-0.4, -0.2) is 33.2 Å². The predicted octanol–water partition coefficient (Wildman–Crippen LogP) is 2.03. The van der Waals surface area contributed by atoms with Gasteiger partial charge in [0.1, 0.15) is 0 Å². The van der Waals surface area contributed by atoms with Gasteiger partial charge in [0, 0.05) is 48.8 Å². The Kier molecular flexibility index (Phi) is 7.77. The predicted molar refractivity (Wildman–Crippen MR) is 103 cm³/mol. The average molecular weight is 366 g/mol. The number of hydrogen-bond donors (Lipinski definition) is 2. The first-order chi connectivity index (χ1) is 13.1. The Morgan fingerprint density at radius 2 is 1.15 bits per heavy atom. The highest BCUT2D eigenvalue weighted by atomic mass is 16.2. The second-order valence-corrected chi connectivity index (χ2v) is 5.79. The molecule has 8 nitrogen and oxygen atoms in total. The molecule has 0 saturated carbocycles. The quantitative estimate of drug-likeness (QED) is 0.550. The largest absolute Gasteiger partial charge is 0.273 e. The molecule has 0 aromatic carbocycles. The van der Waals surface area contributed by atoms with E-state index < -0.39 is 0 Å². The molecule has 0 spiro atoms. The molecule has 27 heavy (non-hydrogen) atoms. The van der Waals surface area contributed by atoms with Crippen molar-refractivity contribution in [2.45, 2.75) is 33.1 Å². The molecule has 2 heterocycles. The number of nitrogens with zero attached hydrogens (tertiary/aromatic N) is 4. The topological polar surface area (TPSA) is 109 Å². The molecule has 0 unspecified atom stereocenters. The highest BCUT2D eigenvalue weighted by Gasteiger charge is 2.05. The van der Waals surface area contributed by atoms with Crippen molar-refractivity contribution in [1.82, 2.24) is 20.8 Å². The number of aromatic nitrogens is 2. The lowest BCUT2D eigenvalue weighted by Gasteiger charge is -2.04. The van der Waals surface area contributed by atoms with Crippen LogP contribution in [0.5, 0.6) is 0 Å². The van der Waals surface area contributed by atoms with Gasteiger partial charge in [0.05, 0.1) is 11.4 Å². The van der Waals surface area contributed by atoms with Crippen molar-refractivity contribution in [3.8, 4) is 0 Å². The first kappa shape index (κ1) is 19.9. The summed E-state index contributed by atoms with van der Waals surface area (Å²) in [6, 6.07) is 7.24. The van der Waals surface area contributed by atoms with Crippen LogP contribution in [0, 0.1) is 0 Å². The lowest BCUT2D eigenvalue weighted by Crippen LogP contribution is -2.21. The number of hydrazone groups is 2. The second-order valence-electron chi connectivity index (χ2n) is 5.79. The molecule has 0 atom stereocenters. The van der Waals surface area contributed by atoms with Gasteiger partial charge in [-0.05, 0) is 44.5 Å². The summed E-state index contributed by atoms with van der Waals surface area (Å²) in [5.41, 5.74) is 8.11. The van der Waals surface area contributed by atoms with Crippen LogP contribution in [0.1, 0.15) is 44.2 Å². The maximum atomic E-state index is 11.8. The van der Waals surface area contributed by atoms with Crippen LogP contribution in [0.4, 0.5) is 0 Å². The van der Waals surface area contributed by atoms with Crippen LogP contribution in [0.2, 0.25) is 0 Å². The molecule has 0 aliphatic heterocycles. The van der Waals surface area contributed by atoms with Crippen molar-refractivity contribution in [3.63, 3.8) is 0 Å². The molecule has 2 N–H and O–H groups in total. The van der Waals surface area contributed by atoms with E-state index in [1.807, 2.05) is 24.3 Å². The molecule has 2 aromatic heterocycles. The minimum atomic E-state index is -0.243. The van der Waals surface area contributed by atoms with Crippen LogP contribution in [0.3, 0.4) is 0 Å². The van der Waals surface area contributed by atoms with Gasteiger partial charge in [-0.25, -0.2) is 10.9 Å². The number of carbonyl (C=O) groups excluding carboxylic acids is 2. The minimum Gasteiger partial charge on any atom is -0.273 e. The Morgan fingerprint density at radius 3 is 1.52 bits per heavy atom. The summed E-state index contributed by atoms with van der Waals surface area (Å²) in [5, 5.41) is 8.09. The third-order valence-corrected chi connectivity index (χ3v) is 3.70. The van der Waals surface area contributed by atoms with Gasteiger partial charge in [-0.3, -0.25) is 19.6 Å². The molecular weight excluding hydrogens is 344 g/mol. The molecule has 0 aliphatic carbocycles. The van der Waals surface area contributed by atoms with E-state index in [-0.39, 0.29) is 24.7 Å². The van der Waals surface area contributed by atoms with Gasteiger partial charge in [0.25, 0.3) is 0 Å². The SMILES string of the molecule is CC(=NNC(=O)CCCC(=O)NN=C(C)c1ccncc1)c1ccncc1. The van der Waals surface area contributed by atoms with E-state index in [1.54, 1.807) is 38.6 Å². The highest BCUT2D eigenvalue weighted by Crippen LogP contribution is 2.00. The lowest BCUT2D eigenvalue weighted by atomic mass is 10.2. The average Bonchev–Trinajstić information content (AvgIpc) is 2.71. The maximum absolute atomic E-state index is 11.8. The monoisotopic (exact) mass is 366 g/mol. The van der Waals surface area contributed by atoms with E-state index in [4.69, 9.17) is 0 Å². The van der Waals surface area contributed by atoms with E-state index in [0.29, 0.717) is 17.8 Å². The zero-order chi connectivity index (χ0) is 19.5. The maximum Gasteiger partial charge on any atom is 0.240 e. The Labute approximate surface area is 157 Å². The van der Waals surface area contributed by atoms with E-state index in [9.17, 15) is 9.59 Å². The molecule has 140 valence electrons. The van der Waals surface area contributed by atoms with Gasteiger partial charge < -0.3 is 0 Å². The number of carbonyl (C=O) groups is 2. The van der Waals surface area contributed by atoms with Crippen molar-refractivity contribution < 1.29 is 9.59 Å². The molecule has 0 bridgehead atoms. The molecule has 8 heteroatoms. The van der Waals surface area contributed by atoms with Gasteiger partial charge in [0.2, 0.25) is 11.8 Å². The van der Waals surface area contributed by atoms with Crippen molar-refractivity contribution in [2.24, 2.45) is 10.2 Å². The van der Waals surface area contributed by atoms with Gasteiger partial charge in [-0.2, -0.15) is 10.2 Å².